The SMILES string of the molecule is CC(NC(=O)c1ccoc1)C(=O)Nc1n[nH]c(-c2ccccn2)n1. The maximum absolute atomic E-state index is 12.1. The number of amides is 2. The van der Waals surface area contributed by atoms with E-state index in [1.54, 1.807) is 25.3 Å². The number of pyridine rings is 1. The van der Waals surface area contributed by atoms with Gasteiger partial charge >= 0.3 is 0 Å². The number of nitrogens with one attached hydrogen (secondary N) is 3. The first-order valence-corrected chi connectivity index (χ1v) is 7.11. The van der Waals surface area contributed by atoms with Gasteiger partial charge < -0.3 is 9.73 Å². The molecule has 0 bridgehead atoms. The molecule has 1 unspecified atom stereocenters. The Bertz CT molecular complexity index is 828. The second kappa shape index (κ2) is 6.73. The van der Waals surface area contributed by atoms with Crippen LogP contribution in [0.15, 0.2) is 47.4 Å². The molecule has 9 heteroatoms. The van der Waals surface area contributed by atoms with Gasteiger partial charge in [-0.25, -0.2) is 0 Å². The highest BCUT2D eigenvalue weighted by atomic mass is 16.3. The highest BCUT2D eigenvalue weighted by Crippen LogP contribution is 2.12. The smallest absolute Gasteiger partial charge is 0.255 e. The standard InChI is InChI=1S/C15H14N6O3/c1-9(17-14(23)10-5-7-24-8-10)13(22)19-15-18-12(20-21-15)11-4-2-3-6-16-11/h2-9H,1H3,(H,17,23)(H2,18,19,20,21,22). The number of nitrogens with zero attached hydrogens (tertiary/aromatic N) is 3. The van der Waals surface area contributed by atoms with E-state index in [0.29, 0.717) is 17.1 Å². The molecule has 0 saturated carbocycles. The third-order valence-electron chi connectivity index (χ3n) is 3.15. The molecule has 0 radical (unpaired) electrons. The summed E-state index contributed by atoms with van der Waals surface area (Å²) in [5.41, 5.74) is 0.941. The van der Waals surface area contributed by atoms with Gasteiger partial charge in [0.2, 0.25) is 11.9 Å². The molecular formula is C15H14N6O3. The molecule has 2 amide bonds. The summed E-state index contributed by atoms with van der Waals surface area (Å²) in [5.74, 6) is -0.319. The van der Waals surface area contributed by atoms with Gasteiger partial charge in [0.1, 0.15) is 18.0 Å². The number of H-pyrrole nitrogens is 1. The fraction of sp³-hybridized carbons (Fsp3) is 0.133. The minimum atomic E-state index is -0.774. The molecule has 9 nitrogen and oxygen atoms in total. The van der Waals surface area contributed by atoms with Crippen molar-refractivity contribution < 1.29 is 14.0 Å². The lowest BCUT2D eigenvalue weighted by Crippen LogP contribution is -2.41. The molecule has 0 aliphatic heterocycles. The van der Waals surface area contributed by atoms with Crippen molar-refractivity contribution in [2.24, 2.45) is 0 Å². The van der Waals surface area contributed by atoms with Crippen LogP contribution in [0.1, 0.15) is 17.3 Å². The number of hydrogen-bond acceptors (Lipinski definition) is 6. The Morgan fingerprint density at radius 2 is 2.17 bits per heavy atom. The first-order chi connectivity index (χ1) is 11.6. The van der Waals surface area contributed by atoms with Gasteiger partial charge in [0, 0.05) is 6.20 Å². The second-order valence-electron chi connectivity index (χ2n) is 4.92. The summed E-state index contributed by atoms with van der Waals surface area (Å²) in [6, 6.07) is 6.10. The van der Waals surface area contributed by atoms with Gasteiger partial charge in [0.15, 0.2) is 5.82 Å². The summed E-state index contributed by atoms with van der Waals surface area (Å²) in [6.07, 6.45) is 4.31. The molecule has 3 heterocycles. The Morgan fingerprint density at radius 1 is 1.29 bits per heavy atom. The zero-order valence-corrected chi connectivity index (χ0v) is 12.7. The number of carbonyl (C=O) groups is 2. The van der Waals surface area contributed by atoms with Crippen LogP contribution in [-0.2, 0) is 4.79 Å². The molecule has 0 aliphatic rings. The number of carbonyl (C=O) groups excluding carboxylic acids is 2. The van der Waals surface area contributed by atoms with E-state index in [1.807, 2.05) is 6.07 Å². The van der Waals surface area contributed by atoms with E-state index in [4.69, 9.17) is 4.42 Å². The fourth-order valence-electron chi connectivity index (χ4n) is 1.89. The van der Waals surface area contributed by atoms with Gasteiger partial charge in [0.25, 0.3) is 5.91 Å². The van der Waals surface area contributed by atoms with E-state index in [0.717, 1.165) is 0 Å². The lowest BCUT2D eigenvalue weighted by Gasteiger charge is -2.11. The fourth-order valence-corrected chi connectivity index (χ4v) is 1.89. The minimum Gasteiger partial charge on any atom is -0.472 e. The maximum Gasteiger partial charge on any atom is 0.255 e. The van der Waals surface area contributed by atoms with Crippen molar-refractivity contribution in [3.8, 4) is 11.5 Å². The monoisotopic (exact) mass is 326 g/mol. The zero-order chi connectivity index (χ0) is 16.9. The van der Waals surface area contributed by atoms with Crippen LogP contribution in [0.5, 0.6) is 0 Å². The predicted octanol–water partition coefficient (Wildman–Crippen LogP) is 1.22. The van der Waals surface area contributed by atoms with Gasteiger partial charge in [-0.3, -0.25) is 25.0 Å². The van der Waals surface area contributed by atoms with E-state index in [9.17, 15) is 9.59 Å². The number of anilines is 1. The molecule has 3 aromatic heterocycles. The highest BCUT2D eigenvalue weighted by Gasteiger charge is 2.19. The number of furan rings is 1. The van der Waals surface area contributed by atoms with Gasteiger partial charge in [0.05, 0.1) is 11.8 Å². The molecule has 24 heavy (non-hydrogen) atoms. The van der Waals surface area contributed by atoms with Gasteiger partial charge in [-0.1, -0.05) is 6.07 Å². The van der Waals surface area contributed by atoms with E-state index < -0.39 is 17.9 Å². The lowest BCUT2D eigenvalue weighted by atomic mass is 10.2. The normalized spacial score (nSPS) is 11.7. The van der Waals surface area contributed by atoms with Crippen molar-refractivity contribution in [2.45, 2.75) is 13.0 Å². The second-order valence-corrected chi connectivity index (χ2v) is 4.92. The number of rotatable bonds is 5. The van der Waals surface area contributed by atoms with Crippen LogP contribution in [-0.4, -0.2) is 38.0 Å². The average molecular weight is 326 g/mol. The maximum atomic E-state index is 12.1. The molecular weight excluding hydrogens is 312 g/mol. The van der Waals surface area contributed by atoms with Crippen LogP contribution in [0, 0.1) is 0 Å². The minimum absolute atomic E-state index is 0.102. The van der Waals surface area contributed by atoms with Crippen molar-refractivity contribution in [1.82, 2.24) is 25.5 Å². The van der Waals surface area contributed by atoms with E-state index in [2.05, 4.69) is 30.8 Å². The third-order valence-corrected chi connectivity index (χ3v) is 3.15. The van der Waals surface area contributed by atoms with Gasteiger partial charge in [-0.15, -0.1) is 5.10 Å². The predicted molar refractivity (Wildman–Crippen MR) is 83.9 cm³/mol. The number of aromatic nitrogens is 4. The van der Waals surface area contributed by atoms with Crippen molar-refractivity contribution in [3.63, 3.8) is 0 Å². The van der Waals surface area contributed by atoms with E-state index in [1.165, 1.54) is 18.6 Å². The summed E-state index contributed by atoms with van der Waals surface area (Å²) in [7, 11) is 0. The summed E-state index contributed by atoms with van der Waals surface area (Å²) in [6.45, 7) is 1.56. The van der Waals surface area contributed by atoms with Crippen LogP contribution < -0.4 is 10.6 Å². The Morgan fingerprint density at radius 3 is 2.88 bits per heavy atom. The van der Waals surface area contributed by atoms with Crippen LogP contribution in [0.25, 0.3) is 11.5 Å². The number of hydrogen-bond donors (Lipinski definition) is 3. The van der Waals surface area contributed by atoms with Crippen LogP contribution in [0.3, 0.4) is 0 Å². The Labute approximate surface area is 136 Å². The molecule has 0 aromatic carbocycles. The molecule has 3 aromatic rings. The molecule has 0 aliphatic carbocycles. The molecule has 3 N–H and O–H groups in total. The Hall–Kier alpha value is -3.49. The topological polar surface area (TPSA) is 126 Å². The average Bonchev–Trinajstić information content (AvgIpc) is 3.27. The molecule has 0 fully saturated rings. The van der Waals surface area contributed by atoms with Gasteiger partial charge in [-0.05, 0) is 25.1 Å². The van der Waals surface area contributed by atoms with E-state index in [-0.39, 0.29) is 5.95 Å². The highest BCUT2D eigenvalue weighted by molar-refractivity contribution is 6.00. The van der Waals surface area contributed by atoms with Crippen LogP contribution >= 0.6 is 0 Å². The molecule has 1 atom stereocenters. The summed E-state index contributed by atoms with van der Waals surface area (Å²) in [4.78, 5) is 32.2. The zero-order valence-electron chi connectivity index (χ0n) is 12.7. The van der Waals surface area contributed by atoms with Crippen molar-refractivity contribution in [1.29, 1.82) is 0 Å². The molecule has 0 saturated heterocycles. The number of aromatic amines is 1. The largest absolute Gasteiger partial charge is 0.472 e. The molecule has 122 valence electrons. The summed E-state index contributed by atoms with van der Waals surface area (Å²) in [5, 5.41) is 11.7. The third kappa shape index (κ3) is 3.46. The first kappa shape index (κ1) is 15.4. The van der Waals surface area contributed by atoms with Crippen molar-refractivity contribution in [3.05, 3.63) is 48.6 Å². The molecule has 3 rings (SSSR count). The van der Waals surface area contributed by atoms with Gasteiger partial charge in [-0.2, -0.15) is 4.98 Å². The quantitative estimate of drug-likeness (QED) is 0.647. The lowest BCUT2D eigenvalue weighted by molar-refractivity contribution is -0.117. The van der Waals surface area contributed by atoms with Crippen LogP contribution in [0.4, 0.5) is 5.95 Å². The van der Waals surface area contributed by atoms with Crippen molar-refractivity contribution >= 4 is 17.8 Å². The Balaban J connectivity index is 1.60. The van der Waals surface area contributed by atoms with Crippen molar-refractivity contribution in [2.75, 3.05) is 5.32 Å². The Kier molecular flexibility index (Phi) is 4.32. The summed E-state index contributed by atoms with van der Waals surface area (Å²) >= 11 is 0. The molecule has 0 spiro atoms. The van der Waals surface area contributed by atoms with E-state index >= 15 is 0 Å². The van der Waals surface area contributed by atoms with Crippen LogP contribution in [0.2, 0.25) is 0 Å². The first-order valence-electron chi connectivity index (χ1n) is 7.11. The summed E-state index contributed by atoms with van der Waals surface area (Å²) < 4.78 is 4.83.